The van der Waals surface area contributed by atoms with Crippen LogP contribution in [0.2, 0.25) is 0 Å². The van der Waals surface area contributed by atoms with E-state index in [1.54, 1.807) is 0 Å². The fourth-order valence-electron chi connectivity index (χ4n) is 1.83. The van der Waals surface area contributed by atoms with Crippen LogP contribution < -0.4 is 0 Å². The van der Waals surface area contributed by atoms with Gasteiger partial charge in [-0.3, -0.25) is 0 Å². The summed E-state index contributed by atoms with van der Waals surface area (Å²) in [4.78, 5) is 0. The van der Waals surface area contributed by atoms with Crippen LogP contribution in [0, 0.1) is 23.3 Å². The number of benzene rings is 2. The van der Waals surface area contributed by atoms with Gasteiger partial charge in [0.1, 0.15) is 23.3 Å². The molecule has 0 fully saturated rings. The largest absolute Gasteiger partial charge is 0.388 e. The van der Waals surface area contributed by atoms with Crippen LogP contribution in [-0.2, 0) is 6.42 Å². The van der Waals surface area contributed by atoms with Gasteiger partial charge >= 0.3 is 0 Å². The second-order valence-corrected chi connectivity index (χ2v) is 5.06. The lowest BCUT2D eigenvalue weighted by Crippen LogP contribution is -2.08. The molecule has 0 aliphatic carbocycles. The molecule has 0 aliphatic heterocycles. The van der Waals surface area contributed by atoms with E-state index in [0.29, 0.717) is 0 Å². The summed E-state index contributed by atoms with van der Waals surface area (Å²) in [7, 11) is 0. The summed E-state index contributed by atoms with van der Waals surface area (Å²) in [5.74, 6) is -3.31. The van der Waals surface area contributed by atoms with Crippen LogP contribution >= 0.6 is 15.9 Å². The van der Waals surface area contributed by atoms with Gasteiger partial charge in [0.25, 0.3) is 0 Å². The van der Waals surface area contributed by atoms with Crippen LogP contribution in [0.4, 0.5) is 17.6 Å². The lowest BCUT2D eigenvalue weighted by molar-refractivity contribution is 0.170. The molecule has 0 aliphatic rings. The normalized spacial score (nSPS) is 12.5. The standard InChI is InChI=1S/C14H9BrF4O/c15-10-2-4-12(18)9(14(10)19)6-13(20)8-5-7(16)1-3-11(8)17/h1-5,13,20H,6H2. The monoisotopic (exact) mass is 348 g/mol. The van der Waals surface area contributed by atoms with Crippen molar-refractivity contribution in [2.24, 2.45) is 0 Å². The van der Waals surface area contributed by atoms with E-state index in [-0.39, 0.29) is 10.0 Å². The summed E-state index contributed by atoms with van der Waals surface area (Å²) in [6.45, 7) is 0. The van der Waals surface area contributed by atoms with Gasteiger partial charge in [0, 0.05) is 17.5 Å². The van der Waals surface area contributed by atoms with Crippen molar-refractivity contribution in [1.82, 2.24) is 0 Å². The van der Waals surface area contributed by atoms with Crippen molar-refractivity contribution in [3.63, 3.8) is 0 Å². The first-order valence-corrected chi connectivity index (χ1v) is 6.45. The first kappa shape index (κ1) is 15.0. The predicted octanol–water partition coefficient (Wildman–Crippen LogP) is 4.28. The van der Waals surface area contributed by atoms with Gasteiger partial charge in [-0.15, -0.1) is 0 Å². The van der Waals surface area contributed by atoms with Crippen molar-refractivity contribution in [1.29, 1.82) is 0 Å². The minimum absolute atomic E-state index is 0.0285. The molecule has 2 aromatic carbocycles. The lowest BCUT2D eigenvalue weighted by atomic mass is 10.00. The van der Waals surface area contributed by atoms with Gasteiger partial charge < -0.3 is 5.11 Å². The minimum atomic E-state index is -1.55. The summed E-state index contributed by atoms with van der Waals surface area (Å²) in [5.41, 5.74) is -0.737. The molecule has 0 saturated carbocycles. The Morgan fingerprint density at radius 2 is 1.65 bits per heavy atom. The Hall–Kier alpha value is -1.40. The molecular weight excluding hydrogens is 340 g/mol. The summed E-state index contributed by atoms with van der Waals surface area (Å²) in [5, 5.41) is 9.86. The topological polar surface area (TPSA) is 20.2 Å². The Kier molecular flexibility index (Phi) is 4.45. The Labute approximate surface area is 121 Å². The molecule has 0 saturated heterocycles. The van der Waals surface area contributed by atoms with Gasteiger partial charge in [0.05, 0.1) is 10.6 Å². The zero-order valence-electron chi connectivity index (χ0n) is 10.0. The van der Waals surface area contributed by atoms with Gasteiger partial charge in [-0.2, -0.15) is 0 Å². The van der Waals surface area contributed by atoms with E-state index in [1.165, 1.54) is 6.07 Å². The molecule has 0 spiro atoms. The third kappa shape index (κ3) is 3.02. The zero-order valence-corrected chi connectivity index (χ0v) is 11.6. The summed E-state index contributed by atoms with van der Waals surface area (Å²) >= 11 is 2.90. The van der Waals surface area contributed by atoms with Crippen LogP contribution in [0.25, 0.3) is 0 Å². The van der Waals surface area contributed by atoms with Gasteiger partial charge in [-0.25, -0.2) is 17.6 Å². The Bertz CT molecular complexity index is 645. The molecule has 2 aromatic rings. The summed E-state index contributed by atoms with van der Waals surface area (Å²) in [6, 6.07) is 4.75. The van der Waals surface area contributed by atoms with Crippen molar-refractivity contribution in [2.75, 3.05) is 0 Å². The van der Waals surface area contributed by atoms with E-state index in [9.17, 15) is 22.7 Å². The quantitative estimate of drug-likeness (QED) is 0.648. The molecule has 1 nitrogen and oxygen atoms in total. The number of aliphatic hydroxyl groups excluding tert-OH is 1. The SMILES string of the molecule is OC(Cc1c(F)ccc(Br)c1F)c1cc(F)ccc1F. The molecule has 0 aromatic heterocycles. The van der Waals surface area contributed by atoms with Crippen LogP contribution in [0.15, 0.2) is 34.8 Å². The lowest BCUT2D eigenvalue weighted by Gasteiger charge is -2.14. The highest BCUT2D eigenvalue weighted by Gasteiger charge is 2.20. The van der Waals surface area contributed by atoms with Gasteiger partial charge in [0.2, 0.25) is 0 Å². The van der Waals surface area contributed by atoms with Crippen LogP contribution in [-0.4, -0.2) is 5.11 Å². The van der Waals surface area contributed by atoms with Crippen LogP contribution in [0.1, 0.15) is 17.2 Å². The molecular formula is C14H9BrF4O. The van der Waals surface area contributed by atoms with Crippen molar-refractivity contribution in [3.05, 3.63) is 69.2 Å². The number of hydrogen-bond donors (Lipinski definition) is 1. The van der Waals surface area contributed by atoms with Gasteiger partial charge in [0.15, 0.2) is 0 Å². The third-order valence-corrected chi connectivity index (χ3v) is 3.47. The van der Waals surface area contributed by atoms with E-state index < -0.39 is 41.4 Å². The Balaban J connectivity index is 2.35. The second kappa shape index (κ2) is 5.93. The van der Waals surface area contributed by atoms with Gasteiger partial charge in [-0.05, 0) is 46.3 Å². The first-order chi connectivity index (χ1) is 9.40. The van der Waals surface area contributed by atoms with Crippen molar-refractivity contribution in [2.45, 2.75) is 12.5 Å². The molecule has 6 heteroatoms. The molecule has 1 N–H and O–H groups in total. The van der Waals surface area contributed by atoms with Crippen LogP contribution in [0.3, 0.4) is 0 Å². The molecule has 1 unspecified atom stereocenters. The maximum Gasteiger partial charge on any atom is 0.143 e. The van der Waals surface area contributed by atoms with E-state index in [1.807, 2.05) is 0 Å². The van der Waals surface area contributed by atoms with E-state index in [4.69, 9.17) is 0 Å². The van der Waals surface area contributed by atoms with Crippen molar-refractivity contribution < 1.29 is 22.7 Å². The van der Waals surface area contributed by atoms with Crippen LogP contribution in [0.5, 0.6) is 0 Å². The number of hydrogen-bond acceptors (Lipinski definition) is 1. The molecule has 0 radical (unpaired) electrons. The zero-order chi connectivity index (χ0) is 14.9. The average molecular weight is 349 g/mol. The molecule has 0 heterocycles. The maximum absolute atomic E-state index is 13.8. The molecule has 0 amide bonds. The fraction of sp³-hybridized carbons (Fsp3) is 0.143. The predicted molar refractivity (Wildman–Crippen MR) is 69.1 cm³/mol. The van der Waals surface area contributed by atoms with E-state index in [0.717, 1.165) is 24.3 Å². The highest BCUT2D eigenvalue weighted by molar-refractivity contribution is 9.10. The third-order valence-electron chi connectivity index (χ3n) is 2.85. The summed E-state index contributed by atoms with van der Waals surface area (Å²) < 4.78 is 53.8. The highest BCUT2D eigenvalue weighted by Crippen LogP contribution is 2.27. The minimum Gasteiger partial charge on any atom is -0.388 e. The first-order valence-electron chi connectivity index (χ1n) is 5.65. The Morgan fingerprint density at radius 3 is 2.35 bits per heavy atom. The molecule has 106 valence electrons. The summed E-state index contributed by atoms with van der Waals surface area (Å²) in [6.07, 6.45) is -2.05. The molecule has 1 atom stereocenters. The number of rotatable bonds is 3. The highest BCUT2D eigenvalue weighted by atomic mass is 79.9. The molecule has 20 heavy (non-hydrogen) atoms. The van der Waals surface area contributed by atoms with E-state index in [2.05, 4.69) is 15.9 Å². The Morgan fingerprint density at radius 1 is 1.00 bits per heavy atom. The van der Waals surface area contributed by atoms with Gasteiger partial charge in [-0.1, -0.05) is 0 Å². The van der Waals surface area contributed by atoms with E-state index >= 15 is 0 Å². The smallest absolute Gasteiger partial charge is 0.143 e. The number of halogens is 5. The molecule has 0 bridgehead atoms. The van der Waals surface area contributed by atoms with Crippen molar-refractivity contribution in [3.8, 4) is 0 Å². The number of aliphatic hydroxyl groups is 1. The van der Waals surface area contributed by atoms with Crippen molar-refractivity contribution >= 4 is 15.9 Å². The average Bonchev–Trinajstić information content (AvgIpc) is 2.41. The fourth-order valence-corrected chi connectivity index (χ4v) is 2.20. The second-order valence-electron chi connectivity index (χ2n) is 4.21. The molecule has 2 rings (SSSR count). The maximum atomic E-state index is 13.8.